The molecule has 0 bridgehead atoms. The molecular weight excluding hydrogens is 296 g/mol. The summed E-state index contributed by atoms with van der Waals surface area (Å²) in [5.74, 6) is -0.296. The van der Waals surface area contributed by atoms with Gasteiger partial charge in [-0.3, -0.25) is 9.59 Å². The zero-order chi connectivity index (χ0) is 13.7. The maximum Gasteiger partial charge on any atom is 0.254 e. The van der Waals surface area contributed by atoms with E-state index in [1.807, 2.05) is 26.0 Å². The largest absolute Gasteiger partial charge is 0.358 e. The molecule has 0 spiro atoms. The summed E-state index contributed by atoms with van der Waals surface area (Å²) >= 11 is 3.40. The number of rotatable bonds is 4. The molecule has 0 radical (unpaired) electrons. The summed E-state index contributed by atoms with van der Waals surface area (Å²) in [6, 6.07) is 5.42. The average Bonchev–Trinajstić information content (AvgIpc) is 2.38. The van der Waals surface area contributed by atoms with E-state index in [9.17, 15) is 9.59 Å². The normalized spacial score (nSPS) is 10.0. The Kier molecular flexibility index (Phi) is 5.34. The molecule has 0 aliphatic heterocycles. The summed E-state index contributed by atoms with van der Waals surface area (Å²) in [5, 5.41) is 2.52. The van der Waals surface area contributed by atoms with Gasteiger partial charge < -0.3 is 10.2 Å². The van der Waals surface area contributed by atoms with Crippen LogP contribution in [0.2, 0.25) is 0 Å². The van der Waals surface area contributed by atoms with Crippen LogP contribution in [-0.2, 0) is 4.79 Å². The molecule has 0 aromatic heterocycles. The van der Waals surface area contributed by atoms with E-state index in [1.54, 1.807) is 13.1 Å². The van der Waals surface area contributed by atoms with E-state index in [1.165, 1.54) is 4.90 Å². The van der Waals surface area contributed by atoms with Gasteiger partial charge in [0.05, 0.1) is 6.54 Å². The number of amides is 2. The van der Waals surface area contributed by atoms with Gasteiger partial charge in [0.1, 0.15) is 0 Å². The Hall–Kier alpha value is -1.36. The van der Waals surface area contributed by atoms with Crippen LogP contribution in [0.1, 0.15) is 22.8 Å². The smallest absolute Gasteiger partial charge is 0.254 e. The van der Waals surface area contributed by atoms with Crippen molar-refractivity contribution in [3.63, 3.8) is 0 Å². The van der Waals surface area contributed by atoms with Crippen LogP contribution >= 0.6 is 15.9 Å². The number of nitrogens with zero attached hydrogens (tertiary/aromatic N) is 1. The molecule has 2 amide bonds. The van der Waals surface area contributed by atoms with Crippen molar-refractivity contribution in [2.75, 3.05) is 20.1 Å². The van der Waals surface area contributed by atoms with Crippen LogP contribution in [-0.4, -0.2) is 36.9 Å². The predicted molar refractivity (Wildman–Crippen MR) is 74.5 cm³/mol. The maximum atomic E-state index is 12.2. The minimum atomic E-state index is -0.168. The quantitative estimate of drug-likeness (QED) is 0.924. The number of benzene rings is 1. The van der Waals surface area contributed by atoms with Gasteiger partial charge in [-0.05, 0) is 37.6 Å². The number of likely N-dealkylation sites (N-methyl/N-ethyl adjacent to an activating group) is 2. The Morgan fingerprint density at radius 3 is 2.56 bits per heavy atom. The van der Waals surface area contributed by atoms with Gasteiger partial charge in [-0.25, -0.2) is 0 Å². The Balaban J connectivity index is 2.89. The molecule has 18 heavy (non-hydrogen) atoms. The van der Waals surface area contributed by atoms with E-state index in [-0.39, 0.29) is 18.4 Å². The summed E-state index contributed by atoms with van der Waals surface area (Å²) in [4.78, 5) is 25.1. The third kappa shape index (κ3) is 3.57. The highest BCUT2D eigenvalue weighted by atomic mass is 79.9. The first-order valence-corrected chi connectivity index (χ1v) is 6.54. The summed E-state index contributed by atoms with van der Waals surface area (Å²) in [5.41, 5.74) is 1.60. The number of carbonyl (C=O) groups is 2. The van der Waals surface area contributed by atoms with Crippen molar-refractivity contribution < 1.29 is 9.59 Å². The zero-order valence-corrected chi connectivity index (χ0v) is 12.4. The lowest BCUT2D eigenvalue weighted by atomic mass is 10.1. The van der Waals surface area contributed by atoms with Crippen molar-refractivity contribution in [3.05, 3.63) is 33.8 Å². The first-order valence-electron chi connectivity index (χ1n) is 5.75. The summed E-state index contributed by atoms with van der Waals surface area (Å²) in [7, 11) is 1.56. The minimum Gasteiger partial charge on any atom is -0.358 e. The fourth-order valence-electron chi connectivity index (χ4n) is 1.54. The third-order valence-electron chi connectivity index (χ3n) is 2.69. The topological polar surface area (TPSA) is 49.4 Å². The molecule has 0 unspecified atom stereocenters. The van der Waals surface area contributed by atoms with Crippen LogP contribution in [0.3, 0.4) is 0 Å². The molecule has 0 saturated carbocycles. The fraction of sp³-hybridized carbons (Fsp3) is 0.385. The van der Waals surface area contributed by atoms with E-state index in [0.717, 1.165) is 10.0 Å². The third-order valence-corrected chi connectivity index (χ3v) is 3.58. The highest BCUT2D eigenvalue weighted by Gasteiger charge is 2.17. The van der Waals surface area contributed by atoms with Crippen molar-refractivity contribution in [2.24, 2.45) is 0 Å². The van der Waals surface area contributed by atoms with Crippen LogP contribution in [0.4, 0.5) is 0 Å². The molecule has 1 aromatic carbocycles. The SMILES string of the molecule is CCN(CC(=O)NC)C(=O)c1ccc(Br)c(C)c1. The van der Waals surface area contributed by atoms with Crippen LogP contribution < -0.4 is 5.32 Å². The number of hydrogen-bond acceptors (Lipinski definition) is 2. The van der Waals surface area contributed by atoms with Crippen molar-refractivity contribution >= 4 is 27.7 Å². The summed E-state index contributed by atoms with van der Waals surface area (Å²) < 4.78 is 0.966. The fourth-order valence-corrected chi connectivity index (χ4v) is 1.79. The van der Waals surface area contributed by atoms with E-state index < -0.39 is 0 Å². The Morgan fingerprint density at radius 2 is 2.06 bits per heavy atom. The molecule has 1 N–H and O–H groups in total. The van der Waals surface area contributed by atoms with E-state index >= 15 is 0 Å². The van der Waals surface area contributed by atoms with E-state index in [0.29, 0.717) is 12.1 Å². The Morgan fingerprint density at radius 1 is 1.39 bits per heavy atom. The number of hydrogen-bond donors (Lipinski definition) is 1. The second kappa shape index (κ2) is 6.54. The van der Waals surface area contributed by atoms with Crippen molar-refractivity contribution in [1.82, 2.24) is 10.2 Å². The molecule has 98 valence electrons. The Bertz CT molecular complexity index is 460. The molecule has 4 nitrogen and oxygen atoms in total. The van der Waals surface area contributed by atoms with Gasteiger partial charge in [-0.2, -0.15) is 0 Å². The van der Waals surface area contributed by atoms with E-state index in [2.05, 4.69) is 21.2 Å². The maximum absolute atomic E-state index is 12.2. The van der Waals surface area contributed by atoms with Gasteiger partial charge in [-0.1, -0.05) is 15.9 Å². The predicted octanol–water partition coefficient (Wildman–Crippen LogP) is 1.97. The molecule has 0 fully saturated rings. The number of carbonyl (C=O) groups excluding carboxylic acids is 2. The molecule has 1 rings (SSSR count). The minimum absolute atomic E-state index is 0.0843. The molecule has 0 atom stereocenters. The number of aryl methyl sites for hydroxylation is 1. The monoisotopic (exact) mass is 312 g/mol. The molecule has 1 aromatic rings. The molecule has 0 aliphatic carbocycles. The van der Waals surface area contributed by atoms with Crippen molar-refractivity contribution in [2.45, 2.75) is 13.8 Å². The van der Waals surface area contributed by atoms with Crippen LogP contribution in [0, 0.1) is 6.92 Å². The molecular formula is C13H17BrN2O2. The van der Waals surface area contributed by atoms with Crippen LogP contribution in [0.5, 0.6) is 0 Å². The standard InChI is InChI=1S/C13H17BrN2O2/c1-4-16(8-12(17)15-3)13(18)10-5-6-11(14)9(2)7-10/h5-7H,4,8H2,1-3H3,(H,15,17). The first kappa shape index (κ1) is 14.7. The van der Waals surface area contributed by atoms with Crippen molar-refractivity contribution in [1.29, 1.82) is 0 Å². The van der Waals surface area contributed by atoms with Gasteiger partial charge in [0.25, 0.3) is 5.91 Å². The van der Waals surface area contributed by atoms with Crippen LogP contribution in [0.25, 0.3) is 0 Å². The van der Waals surface area contributed by atoms with Gasteiger partial charge in [-0.15, -0.1) is 0 Å². The van der Waals surface area contributed by atoms with Gasteiger partial charge >= 0.3 is 0 Å². The van der Waals surface area contributed by atoms with Gasteiger partial charge in [0.2, 0.25) is 5.91 Å². The molecule has 5 heteroatoms. The van der Waals surface area contributed by atoms with Crippen molar-refractivity contribution in [3.8, 4) is 0 Å². The molecule has 0 aliphatic rings. The summed E-state index contributed by atoms with van der Waals surface area (Å²) in [6.07, 6.45) is 0. The highest BCUT2D eigenvalue weighted by Crippen LogP contribution is 2.18. The zero-order valence-electron chi connectivity index (χ0n) is 10.8. The number of halogens is 1. The Labute approximate surface area is 115 Å². The lowest BCUT2D eigenvalue weighted by Gasteiger charge is -2.20. The average molecular weight is 313 g/mol. The van der Waals surface area contributed by atoms with Crippen LogP contribution in [0.15, 0.2) is 22.7 Å². The summed E-state index contributed by atoms with van der Waals surface area (Å²) in [6.45, 7) is 4.37. The lowest BCUT2D eigenvalue weighted by Crippen LogP contribution is -2.39. The van der Waals surface area contributed by atoms with Gasteiger partial charge in [0, 0.05) is 23.6 Å². The second-order valence-electron chi connectivity index (χ2n) is 3.96. The number of nitrogens with one attached hydrogen (secondary N) is 1. The lowest BCUT2D eigenvalue weighted by molar-refractivity contribution is -0.121. The first-order chi connectivity index (χ1) is 8.49. The van der Waals surface area contributed by atoms with E-state index in [4.69, 9.17) is 0 Å². The van der Waals surface area contributed by atoms with Gasteiger partial charge in [0.15, 0.2) is 0 Å². The highest BCUT2D eigenvalue weighted by molar-refractivity contribution is 9.10. The molecule has 0 heterocycles. The second-order valence-corrected chi connectivity index (χ2v) is 4.81. The molecule has 0 saturated heterocycles.